The van der Waals surface area contributed by atoms with Crippen molar-refractivity contribution in [2.45, 2.75) is 31.8 Å². The molecule has 0 radical (unpaired) electrons. The van der Waals surface area contributed by atoms with Gasteiger partial charge in [-0.1, -0.05) is 0 Å². The van der Waals surface area contributed by atoms with Crippen LogP contribution in [0, 0.1) is 11.3 Å². The van der Waals surface area contributed by atoms with Crippen molar-refractivity contribution in [2.75, 3.05) is 5.32 Å². The predicted molar refractivity (Wildman–Crippen MR) is 77.8 cm³/mol. The summed E-state index contributed by atoms with van der Waals surface area (Å²) in [4.78, 5) is 16.0. The smallest absolute Gasteiger partial charge is 0.269 e. The maximum absolute atomic E-state index is 12.1. The molecule has 2 aromatic rings. The van der Waals surface area contributed by atoms with Crippen molar-refractivity contribution < 1.29 is 0 Å². The first-order chi connectivity index (χ1) is 10.2. The van der Waals surface area contributed by atoms with E-state index in [0.29, 0.717) is 18.3 Å². The molecule has 0 saturated heterocycles. The summed E-state index contributed by atoms with van der Waals surface area (Å²) in [7, 11) is 0. The number of rotatable bonds is 4. The summed E-state index contributed by atoms with van der Waals surface area (Å²) in [6.07, 6.45) is 6.77. The molecule has 1 N–H and O–H groups in total. The van der Waals surface area contributed by atoms with E-state index >= 15 is 0 Å². The van der Waals surface area contributed by atoms with Crippen molar-refractivity contribution in [3.63, 3.8) is 0 Å². The lowest BCUT2D eigenvalue weighted by molar-refractivity contribution is 0.445. The van der Waals surface area contributed by atoms with Gasteiger partial charge in [-0.25, -0.2) is 9.67 Å². The molecule has 3 rings (SSSR count). The fourth-order valence-corrected chi connectivity index (χ4v) is 2.23. The van der Waals surface area contributed by atoms with Gasteiger partial charge in [0.25, 0.3) is 5.56 Å². The first-order valence-corrected chi connectivity index (χ1v) is 6.93. The lowest BCUT2D eigenvalue weighted by Gasteiger charge is -2.27. The Kier molecular flexibility index (Phi) is 3.65. The summed E-state index contributed by atoms with van der Waals surface area (Å²) in [6, 6.07) is 7.46. The molecular formula is C15H15N5O. The molecule has 0 unspecified atom stereocenters. The zero-order chi connectivity index (χ0) is 14.7. The van der Waals surface area contributed by atoms with Crippen LogP contribution in [-0.4, -0.2) is 20.8 Å². The first-order valence-electron chi connectivity index (χ1n) is 6.93. The molecule has 0 aromatic carbocycles. The number of hydrogen-bond donors (Lipinski definition) is 1. The van der Waals surface area contributed by atoms with Crippen LogP contribution in [0.3, 0.4) is 0 Å². The van der Waals surface area contributed by atoms with Crippen LogP contribution in [0.5, 0.6) is 0 Å². The van der Waals surface area contributed by atoms with Crippen LogP contribution in [0.1, 0.15) is 30.5 Å². The fourth-order valence-electron chi connectivity index (χ4n) is 2.23. The van der Waals surface area contributed by atoms with Gasteiger partial charge in [-0.3, -0.25) is 4.79 Å². The normalized spacial score (nSPS) is 14.2. The topological polar surface area (TPSA) is 83.6 Å². The fraction of sp³-hybridized carbons (Fsp3) is 0.333. The van der Waals surface area contributed by atoms with Crippen LogP contribution in [0.15, 0.2) is 35.4 Å². The van der Waals surface area contributed by atoms with Crippen molar-refractivity contribution in [3.05, 3.63) is 52.2 Å². The molecule has 0 amide bonds. The van der Waals surface area contributed by atoms with Gasteiger partial charge in [-0.05, 0) is 37.0 Å². The number of anilines is 1. The van der Waals surface area contributed by atoms with E-state index in [1.165, 1.54) is 11.1 Å². The molecule has 1 fully saturated rings. The Morgan fingerprint density at radius 3 is 2.95 bits per heavy atom. The van der Waals surface area contributed by atoms with Gasteiger partial charge in [-0.2, -0.15) is 10.4 Å². The minimum Gasteiger partial charge on any atom is -0.381 e. The Balaban J connectivity index is 1.76. The van der Waals surface area contributed by atoms with Crippen molar-refractivity contribution in [3.8, 4) is 6.07 Å². The van der Waals surface area contributed by atoms with Gasteiger partial charge in [0.2, 0.25) is 0 Å². The molecule has 2 heterocycles. The van der Waals surface area contributed by atoms with Crippen LogP contribution in [-0.2, 0) is 6.54 Å². The van der Waals surface area contributed by atoms with Gasteiger partial charge in [0, 0.05) is 18.3 Å². The maximum atomic E-state index is 12.1. The van der Waals surface area contributed by atoms with Gasteiger partial charge in [0.1, 0.15) is 11.8 Å². The Hall–Kier alpha value is -2.68. The number of nitriles is 1. The molecule has 0 spiro atoms. The molecule has 6 heteroatoms. The zero-order valence-electron chi connectivity index (χ0n) is 11.5. The molecule has 0 atom stereocenters. The van der Waals surface area contributed by atoms with Gasteiger partial charge in [0.05, 0.1) is 18.4 Å². The monoisotopic (exact) mass is 281 g/mol. The molecule has 21 heavy (non-hydrogen) atoms. The molecule has 6 nitrogen and oxygen atoms in total. The standard InChI is InChI=1S/C15H15N5O/c16-8-13-6-11(4-5-17-13)10-20-15(21)7-14(9-18-20)19-12-2-1-3-12/h4-7,9,12,19H,1-3,10H2. The molecule has 1 aliphatic rings. The minimum absolute atomic E-state index is 0.158. The number of pyridine rings is 1. The Morgan fingerprint density at radius 1 is 1.43 bits per heavy atom. The molecule has 106 valence electrons. The SMILES string of the molecule is N#Cc1cc(Cn2ncc(NC3CCC3)cc2=O)ccn1. The van der Waals surface area contributed by atoms with E-state index in [0.717, 1.165) is 24.1 Å². The van der Waals surface area contributed by atoms with E-state index in [-0.39, 0.29) is 5.56 Å². The van der Waals surface area contributed by atoms with Gasteiger partial charge >= 0.3 is 0 Å². The van der Waals surface area contributed by atoms with Gasteiger partial charge in [0.15, 0.2) is 0 Å². The highest BCUT2D eigenvalue weighted by molar-refractivity contribution is 5.40. The van der Waals surface area contributed by atoms with Crippen molar-refractivity contribution in [1.29, 1.82) is 5.26 Å². The van der Waals surface area contributed by atoms with Gasteiger partial charge in [-0.15, -0.1) is 0 Å². The van der Waals surface area contributed by atoms with E-state index < -0.39 is 0 Å². The summed E-state index contributed by atoms with van der Waals surface area (Å²) in [6.45, 7) is 0.333. The number of aromatic nitrogens is 3. The summed E-state index contributed by atoms with van der Waals surface area (Å²) in [5.41, 5.74) is 1.78. The third-order valence-electron chi connectivity index (χ3n) is 3.62. The van der Waals surface area contributed by atoms with E-state index in [1.807, 2.05) is 6.07 Å². The predicted octanol–water partition coefficient (Wildman–Crippen LogP) is 1.52. The summed E-state index contributed by atoms with van der Waals surface area (Å²) < 4.78 is 1.38. The third kappa shape index (κ3) is 3.08. The lowest BCUT2D eigenvalue weighted by atomic mass is 9.93. The van der Waals surface area contributed by atoms with Crippen molar-refractivity contribution in [2.24, 2.45) is 0 Å². The van der Waals surface area contributed by atoms with Crippen LogP contribution < -0.4 is 10.9 Å². The third-order valence-corrected chi connectivity index (χ3v) is 3.62. The van der Waals surface area contributed by atoms with E-state index in [1.54, 1.807) is 30.6 Å². The number of hydrogen-bond acceptors (Lipinski definition) is 5. The molecule has 0 bridgehead atoms. The van der Waals surface area contributed by atoms with Crippen molar-refractivity contribution in [1.82, 2.24) is 14.8 Å². The Bertz CT molecular complexity index is 742. The first kappa shape index (κ1) is 13.3. The second kappa shape index (κ2) is 5.75. The largest absolute Gasteiger partial charge is 0.381 e. The van der Waals surface area contributed by atoms with Crippen LogP contribution >= 0.6 is 0 Å². The van der Waals surface area contributed by atoms with Crippen LogP contribution in [0.25, 0.3) is 0 Å². The number of nitrogens with one attached hydrogen (secondary N) is 1. The maximum Gasteiger partial charge on any atom is 0.269 e. The van der Waals surface area contributed by atoms with E-state index in [9.17, 15) is 4.79 Å². The Labute approximate surface area is 122 Å². The molecule has 2 aromatic heterocycles. The zero-order valence-corrected chi connectivity index (χ0v) is 11.5. The van der Waals surface area contributed by atoms with Crippen LogP contribution in [0.4, 0.5) is 5.69 Å². The summed E-state index contributed by atoms with van der Waals surface area (Å²) >= 11 is 0. The van der Waals surface area contributed by atoms with E-state index in [4.69, 9.17) is 5.26 Å². The summed E-state index contributed by atoms with van der Waals surface area (Å²) in [5, 5.41) is 16.3. The quantitative estimate of drug-likeness (QED) is 0.918. The average Bonchev–Trinajstić information content (AvgIpc) is 2.46. The highest BCUT2D eigenvalue weighted by Gasteiger charge is 2.17. The highest BCUT2D eigenvalue weighted by Crippen LogP contribution is 2.22. The molecule has 1 saturated carbocycles. The molecule has 1 aliphatic carbocycles. The van der Waals surface area contributed by atoms with Crippen LogP contribution in [0.2, 0.25) is 0 Å². The summed E-state index contributed by atoms with van der Waals surface area (Å²) in [5.74, 6) is 0. The molecular weight excluding hydrogens is 266 g/mol. The van der Waals surface area contributed by atoms with Gasteiger partial charge < -0.3 is 5.32 Å². The highest BCUT2D eigenvalue weighted by atomic mass is 16.1. The minimum atomic E-state index is -0.158. The Morgan fingerprint density at radius 2 is 2.29 bits per heavy atom. The molecule has 0 aliphatic heterocycles. The van der Waals surface area contributed by atoms with E-state index in [2.05, 4.69) is 15.4 Å². The second-order valence-electron chi connectivity index (χ2n) is 5.17. The second-order valence-corrected chi connectivity index (χ2v) is 5.17. The number of nitrogens with zero attached hydrogens (tertiary/aromatic N) is 4. The van der Waals surface area contributed by atoms with Crippen molar-refractivity contribution >= 4 is 5.69 Å². The average molecular weight is 281 g/mol. The lowest BCUT2D eigenvalue weighted by Crippen LogP contribution is -2.29.